The van der Waals surface area contributed by atoms with Crippen molar-refractivity contribution in [1.82, 2.24) is 59.0 Å². The monoisotopic (exact) mass is 1340 g/mol. The van der Waals surface area contributed by atoms with Crippen molar-refractivity contribution in [2.75, 3.05) is 76.8 Å². The van der Waals surface area contributed by atoms with Crippen LogP contribution in [0.4, 0.5) is 61.4 Å². The second-order valence-electron chi connectivity index (χ2n) is 28.1. The van der Waals surface area contributed by atoms with Crippen LogP contribution in [0.2, 0.25) is 0 Å². The molecule has 0 radical (unpaired) electrons. The highest BCUT2D eigenvalue weighted by Gasteiger charge is 2.65. The van der Waals surface area contributed by atoms with Gasteiger partial charge in [-0.25, -0.2) is 23.7 Å². The highest BCUT2D eigenvalue weighted by Crippen LogP contribution is 2.69. The Hall–Kier alpha value is -7.02. The Morgan fingerprint density at radius 3 is 1.55 bits per heavy atom. The van der Waals surface area contributed by atoms with Crippen molar-refractivity contribution >= 4 is 17.5 Å². The topological polar surface area (TPSA) is 226 Å². The molecule has 6 aliphatic carbocycles. The molecule has 0 aromatic carbocycles. The number of hydrogen-bond acceptors (Lipinski definition) is 17. The maximum Gasteiger partial charge on any atom is 0.573 e. The summed E-state index contributed by atoms with van der Waals surface area (Å²) in [4.78, 5) is 19.3. The lowest BCUT2D eigenvalue weighted by Gasteiger charge is -2.33. The maximum absolute atomic E-state index is 13.2. The molecule has 16 rings (SSSR count). The molecule has 20 nitrogen and oxygen atoms in total. The van der Waals surface area contributed by atoms with Crippen molar-refractivity contribution in [2.24, 2.45) is 47.3 Å². The van der Waals surface area contributed by atoms with Gasteiger partial charge in [-0.15, -0.1) is 26.3 Å². The summed E-state index contributed by atoms with van der Waals surface area (Å²) < 4.78 is 157. The van der Waals surface area contributed by atoms with Crippen LogP contribution in [0.15, 0.2) is 55.0 Å². The summed E-state index contributed by atoms with van der Waals surface area (Å²) in [6.45, 7) is 12.5. The van der Waals surface area contributed by atoms with Crippen molar-refractivity contribution in [3.63, 3.8) is 0 Å². The van der Waals surface area contributed by atoms with Gasteiger partial charge in [0.1, 0.15) is 6.54 Å². The Balaban J connectivity index is 0.000000123. The number of fused-ring (bicyclic) bond motifs is 7. The number of hydrogen-bond donors (Lipinski definition) is 3. The number of likely N-dealkylation sites (tertiary alicyclic amines) is 2. The van der Waals surface area contributed by atoms with Gasteiger partial charge in [0.15, 0.2) is 34.7 Å². The first-order chi connectivity index (χ1) is 45.2. The second kappa shape index (κ2) is 25.1. The van der Waals surface area contributed by atoms with Crippen LogP contribution in [0.1, 0.15) is 113 Å². The van der Waals surface area contributed by atoms with E-state index in [1.807, 2.05) is 10.7 Å². The van der Waals surface area contributed by atoms with E-state index in [9.17, 15) is 43.9 Å². The number of halogens is 10. The minimum absolute atomic E-state index is 0.0503. The fourth-order valence-electron chi connectivity index (χ4n) is 17.7. The Bertz CT molecular complexity index is 3740. The number of alkyl halides is 10. The molecule has 15 atom stereocenters. The van der Waals surface area contributed by atoms with Gasteiger partial charge in [0.2, 0.25) is 0 Å². The third-order valence-corrected chi connectivity index (χ3v) is 21.6. The zero-order valence-electron chi connectivity index (χ0n) is 53.2. The van der Waals surface area contributed by atoms with Crippen LogP contribution in [0.5, 0.6) is 17.2 Å². The summed E-state index contributed by atoms with van der Waals surface area (Å²) in [7, 11) is 2.22. The van der Waals surface area contributed by atoms with E-state index in [0.29, 0.717) is 82.3 Å². The summed E-state index contributed by atoms with van der Waals surface area (Å²) in [6.07, 6.45) is -0.797. The molecule has 6 aromatic rings. The molecule has 4 unspecified atom stereocenters. The standard InChI is InChI=1S/C23H28F3N5O2.C21H24F5N5O2.C21H27F2N5O/c1-11(2)31-19(7-18(29-31)12-3-20(22(27)28-8-12)33-23(24,25)26)21-16-5-13(6-17(16)21)30-9-15-4-14(30)10-32-15;22-18(23)10-31-16(19-13-6-12(7-14(13)19)30-1-3-32-4-2-30)8-15(29-31)11-5-17(20(27)28-9-11)33-21(24,25)26;1-10(2)28-16(19-13-4-12-8-27(3)9-14(12)18(13)19)6-15(26-28)11-5-17(29-21(22)23)20(24)25-7-11/h3,7-8,11,13-17,21H,4-6,9-10H2,1-2H3,(H2,27,28);5,8-9,12-14,18-19H,1-4,6-7,10H2,(H2,27,28);5-7,10,12-14,18-19,21H,4,8-9H2,1-3H3,(H2,24,25)/t13?,14-,15-,16-,17+,21?;12?,13-,14+,19?;12-,13+,14+,18+,19+/m0.0/s1. The lowest BCUT2D eigenvalue weighted by molar-refractivity contribution is -0.275. The first-order valence-electron chi connectivity index (χ1n) is 32.9. The molecule has 95 heavy (non-hydrogen) atoms. The van der Waals surface area contributed by atoms with Crippen LogP contribution in [0.25, 0.3) is 33.8 Å². The highest BCUT2D eigenvalue weighted by atomic mass is 19.4. The smallest absolute Gasteiger partial charge is 0.431 e. The molecule has 0 spiro atoms. The second-order valence-corrected chi connectivity index (χ2v) is 28.1. The Morgan fingerprint density at radius 2 is 1.05 bits per heavy atom. The van der Waals surface area contributed by atoms with Gasteiger partial charge >= 0.3 is 19.3 Å². The third kappa shape index (κ3) is 13.3. The number of nitrogen functional groups attached to an aromatic ring is 3. The molecule has 6 saturated carbocycles. The zero-order valence-corrected chi connectivity index (χ0v) is 53.2. The summed E-state index contributed by atoms with van der Waals surface area (Å²) in [6, 6.07) is 11.7. The zero-order chi connectivity index (χ0) is 66.8. The number of anilines is 3. The number of pyridine rings is 3. The summed E-state index contributed by atoms with van der Waals surface area (Å²) in [5, 5.41) is 13.8. The lowest BCUT2D eigenvalue weighted by atomic mass is 9.91. The molecule has 10 heterocycles. The number of nitrogens with two attached hydrogens (primary N) is 3. The van der Waals surface area contributed by atoms with E-state index >= 15 is 0 Å². The minimum atomic E-state index is -4.93. The van der Waals surface area contributed by atoms with E-state index < -0.39 is 49.6 Å². The van der Waals surface area contributed by atoms with Gasteiger partial charge in [0.25, 0.3) is 6.43 Å². The number of aromatic nitrogens is 9. The summed E-state index contributed by atoms with van der Waals surface area (Å²) in [5.41, 5.74) is 22.8. The summed E-state index contributed by atoms with van der Waals surface area (Å²) in [5.74, 6) is 4.29. The molecule has 4 saturated heterocycles. The van der Waals surface area contributed by atoms with Crippen LogP contribution >= 0.6 is 0 Å². The molecule has 2 bridgehead atoms. The fourth-order valence-corrected chi connectivity index (χ4v) is 17.7. The molecule has 6 N–H and O–H groups in total. The van der Waals surface area contributed by atoms with Gasteiger partial charge in [-0.2, -0.15) is 24.1 Å². The van der Waals surface area contributed by atoms with E-state index in [-0.39, 0.29) is 46.6 Å². The van der Waals surface area contributed by atoms with E-state index in [2.05, 4.69) is 94.5 Å². The van der Waals surface area contributed by atoms with Crippen LogP contribution in [0, 0.1) is 47.3 Å². The van der Waals surface area contributed by atoms with E-state index in [1.54, 1.807) is 12.3 Å². The van der Waals surface area contributed by atoms with E-state index in [0.717, 1.165) is 93.4 Å². The highest BCUT2D eigenvalue weighted by molar-refractivity contribution is 5.67. The minimum Gasteiger partial charge on any atom is -0.431 e. The predicted octanol–water partition coefficient (Wildman–Crippen LogP) is 11.1. The number of ether oxygens (including phenoxy) is 5. The first-order valence-corrected chi connectivity index (χ1v) is 32.9. The summed E-state index contributed by atoms with van der Waals surface area (Å²) >= 11 is 0. The van der Waals surface area contributed by atoms with Crippen LogP contribution < -0.4 is 31.4 Å². The fraction of sp³-hybridized carbons (Fsp3) is 0.631. The largest absolute Gasteiger partial charge is 0.573 e. The molecular formula is C65H79F10N15O5. The lowest BCUT2D eigenvalue weighted by Crippen LogP contribution is -2.43. The van der Waals surface area contributed by atoms with E-state index in [1.165, 1.54) is 73.7 Å². The molecule has 30 heteroatoms. The van der Waals surface area contributed by atoms with Crippen molar-refractivity contribution < 1.29 is 67.6 Å². The molecule has 4 aliphatic heterocycles. The van der Waals surface area contributed by atoms with Gasteiger partial charge in [-0.3, -0.25) is 23.8 Å². The maximum atomic E-state index is 13.2. The van der Waals surface area contributed by atoms with Crippen LogP contribution in [0.3, 0.4) is 0 Å². The van der Waals surface area contributed by atoms with Crippen LogP contribution in [-0.2, 0) is 16.0 Å². The Labute approximate surface area is 542 Å². The van der Waals surface area contributed by atoms with Crippen molar-refractivity contribution in [2.45, 2.75) is 153 Å². The molecule has 0 amide bonds. The SMILES string of the molecule is CC(C)n1nc(-c2cnc(N)c(OC(F)(F)F)c2)cc1C1[C@H]2CC(N3C[C@@H]4C[C@H]3CO4)C[C@@H]12.CC(C)n1nc(-c2cnc(N)c(OC(F)F)c2)cc1[C@H]1[C@@H]2C[C@H]3CN(C)C[C@H]3[C@@H]21.Nc1ncc(-c2cc(C3[C@H]4CC(N5CCOCC5)C[C@@H]34)n(CC(F)F)n2)cc1OC(F)(F)F. The predicted molar refractivity (Wildman–Crippen MR) is 328 cm³/mol. The average molecular weight is 1340 g/mol. The van der Waals surface area contributed by atoms with Gasteiger partial charge in [0.05, 0.1) is 43.0 Å². The Kier molecular flexibility index (Phi) is 17.3. The number of rotatable bonds is 16. The Morgan fingerprint density at radius 1 is 0.558 bits per heavy atom. The van der Waals surface area contributed by atoms with Crippen molar-refractivity contribution in [3.8, 4) is 51.0 Å². The third-order valence-electron chi connectivity index (χ3n) is 21.6. The van der Waals surface area contributed by atoms with Gasteiger partial charge < -0.3 is 45.8 Å². The molecule has 10 aliphatic rings. The number of morpholine rings is 2. The van der Waals surface area contributed by atoms with E-state index in [4.69, 9.17) is 36.9 Å². The number of nitrogens with zero attached hydrogens (tertiary/aromatic N) is 12. The quantitative estimate of drug-likeness (QED) is 0.0766. The van der Waals surface area contributed by atoms with Crippen molar-refractivity contribution in [3.05, 3.63) is 72.1 Å². The molecule has 6 aromatic heterocycles. The van der Waals surface area contributed by atoms with Gasteiger partial charge in [0, 0.05) is 133 Å². The molecule has 514 valence electrons. The normalized spacial score (nSPS) is 30.5. The van der Waals surface area contributed by atoms with Gasteiger partial charge in [-0.1, -0.05) is 0 Å². The molecular weight excluding hydrogens is 1260 g/mol. The molecule has 10 fully saturated rings. The van der Waals surface area contributed by atoms with Gasteiger partial charge in [-0.05, 0) is 157 Å². The van der Waals surface area contributed by atoms with Crippen molar-refractivity contribution in [1.29, 1.82) is 0 Å². The average Bonchev–Trinajstić information content (AvgIpc) is 1.55. The first kappa shape index (κ1) is 65.3. The van der Waals surface area contributed by atoms with Crippen LogP contribution in [-0.4, -0.2) is 169 Å².